The molecule has 1 aromatic carbocycles. The molecule has 5 rings (SSSR count). The summed E-state index contributed by atoms with van der Waals surface area (Å²) in [5.41, 5.74) is 3.16. The third kappa shape index (κ3) is 2.54. The predicted molar refractivity (Wildman–Crippen MR) is 99.6 cm³/mol. The van der Waals surface area contributed by atoms with Gasteiger partial charge in [-0.15, -0.1) is 10.2 Å². The fourth-order valence-electron chi connectivity index (χ4n) is 3.15. The van der Waals surface area contributed by atoms with E-state index in [0.717, 1.165) is 22.6 Å². The molecular weight excluding hydrogens is 362 g/mol. The number of H-pyrrole nitrogens is 1. The van der Waals surface area contributed by atoms with Crippen LogP contribution in [0.15, 0.2) is 67.5 Å². The smallest absolute Gasteiger partial charge is 0.182 e. The van der Waals surface area contributed by atoms with Crippen LogP contribution in [0.3, 0.4) is 0 Å². The molecule has 0 bridgehead atoms. The molecule has 0 amide bonds. The van der Waals surface area contributed by atoms with Crippen molar-refractivity contribution in [1.82, 2.24) is 29.7 Å². The topological polar surface area (TPSA) is 72.3 Å². The summed E-state index contributed by atoms with van der Waals surface area (Å²) in [6.07, 6.45) is 8.27. The number of hydrogen-bond acceptors (Lipinski definition) is 4. The highest BCUT2D eigenvalue weighted by Crippen LogP contribution is 2.31. The Morgan fingerprint density at radius 3 is 2.79 bits per heavy atom. The zero-order valence-electron chi connectivity index (χ0n) is 14.3. The first-order valence-electron chi connectivity index (χ1n) is 8.44. The molecule has 0 aliphatic carbocycles. The Hall–Kier alpha value is -3.94. The standard InChI is InChI=1S/C20H12F2N6/c21-16-4-1-5-17(18(16)22)28-11-26-27-20(28)15-10-25-19-14(15)7-13(9-24-19)12-3-2-6-23-8-12/h1-11H,(H,24,25). The quantitative estimate of drug-likeness (QED) is 0.515. The average Bonchev–Trinajstić information content (AvgIpc) is 3.37. The molecule has 0 spiro atoms. The number of aromatic nitrogens is 6. The largest absolute Gasteiger partial charge is 0.345 e. The van der Waals surface area contributed by atoms with Gasteiger partial charge in [-0.05, 0) is 24.3 Å². The van der Waals surface area contributed by atoms with Crippen LogP contribution in [0.2, 0.25) is 0 Å². The number of aromatic amines is 1. The van der Waals surface area contributed by atoms with Crippen LogP contribution in [0.5, 0.6) is 0 Å². The summed E-state index contributed by atoms with van der Waals surface area (Å²) in [5, 5.41) is 8.80. The van der Waals surface area contributed by atoms with E-state index in [1.165, 1.54) is 23.0 Å². The molecule has 0 aliphatic rings. The number of pyridine rings is 2. The Kier molecular flexibility index (Phi) is 3.68. The lowest BCUT2D eigenvalue weighted by Gasteiger charge is -2.08. The number of fused-ring (bicyclic) bond motifs is 1. The van der Waals surface area contributed by atoms with Gasteiger partial charge in [0.25, 0.3) is 0 Å². The number of nitrogens with one attached hydrogen (secondary N) is 1. The summed E-state index contributed by atoms with van der Waals surface area (Å²) >= 11 is 0. The van der Waals surface area contributed by atoms with E-state index >= 15 is 0 Å². The fraction of sp³-hybridized carbons (Fsp3) is 0. The van der Waals surface area contributed by atoms with Crippen molar-refractivity contribution in [1.29, 1.82) is 0 Å². The summed E-state index contributed by atoms with van der Waals surface area (Å²) in [5.74, 6) is -1.52. The lowest BCUT2D eigenvalue weighted by atomic mass is 10.1. The van der Waals surface area contributed by atoms with E-state index in [4.69, 9.17) is 0 Å². The average molecular weight is 374 g/mol. The molecule has 0 fully saturated rings. The maximum atomic E-state index is 14.3. The summed E-state index contributed by atoms with van der Waals surface area (Å²) in [7, 11) is 0. The van der Waals surface area contributed by atoms with Crippen molar-refractivity contribution in [2.24, 2.45) is 0 Å². The predicted octanol–water partition coefficient (Wildman–Crippen LogP) is 4.15. The molecule has 0 aliphatic heterocycles. The number of hydrogen-bond donors (Lipinski definition) is 1. The minimum absolute atomic E-state index is 0.0331. The SMILES string of the molecule is Fc1cccc(-n2cnnc2-c2c[nH]c3ncc(-c4cccnc4)cc23)c1F. The monoisotopic (exact) mass is 374 g/mol. The summed E-state index contributed by atoms with van der Waals surface area (Å²) < 4.78 is 29.4. The van der Waals surface area contributed by atoms with E-state index in [9.17, 15) is 8.78 Å². The van der Waals surface area contributed by atoms with Crippen LogP contribution in [-0.2, 0) is 0 Å². The van der Waals surface area contributed by atoms with Gasteiger partial charge >= 0.3 is 0 Å². The van der Waals surface area contributed by atoms with Crippen molar-refractivity contribution < 1.29 is 8.78 Å². The van der Waals surface area contributed by atoms with Gasteiger partial charge in [-0.25, -0.2) is 13.8 Å². The number of rotatable bonds is 3. The molecule has 6 nitrogen and oxygen atoms in total. The van der Waals surface area contributed by atoms with Gasteiger partial charge in [0, 0.05) is 46.9 Å². The highest BCUT2D eigenvalue weighted by molar-refractivity contribution is 5.94. The molecule has 8 heteroatoms. The van der Waals surface area contributed by atoms with Crippen LogP contribution in [0.4, 0.5) is 8.78 Å². The normalized spacial score (nSPS) is 11.2. The summed E-state index contributed by atoms with van der Waals surface area (Å²) in [6, 6.07) is 9.72. The Morgan fingerprint density at radius 2 is 1.93 bits per heavy atom. The van der Waals surface area contributed by atoms with Crippen LogP contribution >= 0.6 is 0 Å². The lowest BCUT2D eigenvalue weighted by Crippen LogP contribution is -2.01. The van der Waals surface area contributed by atoms with Crippen LogP contribution in [0.1, 0.15) is 0 Å². The van der Waals surface area contributed by atoms with Crippen molar-refractivity contribution in [3.63, 3.8) is 0 Å². The minimum atomic E-state index is -0.961. The van der Waals surface area contributed by atoms with Gasteiger partial charge in [-0.1, -0.05) is 12.1 Å². The number of benzene rings is 1. The van der Waals surface area contributed by atoms with Gasteiger partial charge in [0.1, 0.15) is 12.0 Å². The fourth-order valence-corrected chi connectivity index (χ4v) is 3.15. The molecule has 28 heavy (non-hydrogen) atoms. The second kappa shape index (κ2) is 6.34. The molecule has 1 N–H and O–H groups in total. The van der Waals surface area contributed by atoms with Crippen molar-refractivity contribution in [3.05, 3.63) is 79.1 Å². The second-order valence-electron chi connectivity index (χ2n) is 6.16. The molecule has 5 aromatic rings. The first-order valence-corrected chi connectivity index (χ1v) is 8.44. The lowest BCUT2D eigenvalue weighted by molar-refractivity contribution is 0.504. The van der Waals surface area contributed by atoms with Gasteiger partial charge in [-0.3, -0.25) is 9.55 Å². The van der Waals surface area contributed by atoms with Crippen LogP contribution in [-0.4, -0.2) is 29.7 Å². The molecule has 0 atom stereocenters. The van der Waals surface area contributed by atoms with Gasteiger partial charge in [0.2, 0.25) is 0 Å². The molecule has 136 valence electrons. The molecule has 0 saturated heterocycles. The Balaban J connectivity index is 1.69. The summed E-state index contributed by atoms with van der Waals surface area (Å²) in [4.78, 5) is 11.7. The van der Waals surface area contributed by atoms with Gasteiger partial charge < -0.3 is 4.98 Å². The Bertz CT molecular complexity index is 1290. The van der Waals surface area contributed by atoms with Crippen molar-refractivity contribution >= 4 is 11.0 Å². The first kappa shape index (κ1) is 16.2. The molecule has 0 radical (unpaired) electrons. The zero-order chi connectivity index (χ0) is 19.1. The van der Waals surface area contributed by atoms with Crippen LogP contribution < -0.4 is 0 Å². The van der Waals surface area contributed by atoms with Crippen LogP contribution in [0, 0.1) is 11.6 Å². The maximum absolute atomic E-state index is 14.3. The van der Waals surface area contributed by atoms with Crippen LogP contribution in [0.25, 0.3) is 39.2 Å². The van der Waals surface area contributed by atoms with E-state index in [0.29, 0.717) is 17.0 Å². The Morgan fingerprint density at radius 1 is 1.00 bits per heavy atom. The summed E-state index contributed by atoms with van der Waals surface area (Å²) in [6.45, 7) is 0. The van der Waals surface area contributed by atoms with E-state index in [1.807, 2.05) is 18.2 Å². The first-order chi connectivity index (χ1) is 13.7. The van der Waals surface area contributed by atoms with E-state index in [1.54, 1.807) is 24.8 Å². The van der Waals surface area contributed by atoms with E-state index in [2.05, 4.69) is 25.1 Å². The van der Waals surface area contributed by atoms with Crippen molar-refractivity contribution in [3.8, 4) is 28.2 Å². The highest BCUT2D eigenvalue weighted by atomic mass is 19.2. The second-order valence-corrected chi connectivity index (χ2v) is 6.16. The molecule has 4 aromatic heterocycles. The van der Waals surface area contributed by atoms with E-state index < -0.39 is 11.6 Å². The number of halogens is 2. The molecule has 0 saturated carbocycles. The van der Waals surface area contributed by atoms with Crippen molar-refractivity contribution in [2.45, 2.75) is 0 Å². The molecular formula is C20H12F2N6. The van der Waals surface area contributed by atoms with Gasteiger partial charge in [-0.2, -0.15) is 0 Å². The third-order valence-electron chi connectivity index (χ3n) is 4.51. The number of nitrogens with zero attached hydrogens (tertiary/aromatic N) is 5. The third-order valence-corrected chi connectivity index (χ3v) is 4.51. The molecule has 4 heterocycles. The maximum Gasteiger partial charge on any atom is 0.182 e. The zero-order valence-corrected chi connectivity index (χ0v) is 14.3. The minimum Gasteiger partial charge on any atom is -0.345 e. The van der Waals surface area contributed by atoms with E-state index in [-0.39, 0.29) is 5.69 Å². The van der Waals surface area contributed by atoms with Gasteiger partial charge in [0.15, 0.2) is 17.5 Å². The van der Waals surface area contributed by atoms with Gasteiger partial charge in [0.05, 0.1) is 5.69 Å². The van der Waals surface area contributed by atoms with Crippen molar-refractivity contribution in [2.75, 3.05) is 0 Å². The molecule has 0 unspecified atom stereocenters. The Labute approximate surface area is 157 Å². The highest BCUT2D eigenvalue weighted by Gasteiger charge is 2.18.